The predicted octanol–water partition coefficient (Wildman–Crippen LogP) is 1.06. The number of amides is 2. The van der Waals surface area contributed by atoms with Crippen LogP contribution in [0.5, 0.6) is 0 Å². The van der Waals surface area contributed by atoms with Gasteiger partial charge in [-0.3, -0.25) is 14.4 Å². The van der Waals surface area contributed by atoms with E-state index in [0.717, 1.165) is 18.4 Å². The number of esters is 1. The van der Waals surface area contributed by atoms with Crippen LogP contribution in [-0.4, -0.2) is 64.0 Å². The number of benzene rings is 1. The molecule has 1 aliphatic carbocycles. The largest absolute Gasteiger partial charge is 0.480 e. The Kier molecular flexibility index (Phi) is 9.22. The minimum atomic E-state index is -1.11. The maximum absolute atomic E-state index is 13.3. The summed E-state index contributed by atoms with van der Waals surface area (Å²) in [5.41, 5.74) is 11.8. The van der Waals surface area contributed by atoms with E-state index in [0.29, 0.717) is 45.1 Å². The number of nitrogens with zero attached hydrogens (tertiary/aromatic N) is 1. The van der Waals surface area contributed by atoms with Crippen LogP contribution in [0, 0.1) is 0 Å². The van der Waals surface area contributed by atoms with Gasteiger partial charge < -0.3 is 31.5 Å². The van der Waals surface area contributed by atoms with Crippen LogP contribution >= 0.6 is 0 Å². The van der Waals surface area contributed by atoms with Gasteiger partial charge in [0.2, 0.25) is 11.8 Å². The number of carboxylic acids is 1. The highest BCUT2D eigenvalue weighted by Crippen LogP contribution is 2.34. The number of ether oxygens (including phenoxy) is 1. The van der Waals surface area contributed by atoms with Crippen LogP contribution in [-0.2, 0) is 30.5 Å². The van der Waals surface area contributed by atoms with Crippen molar-refractivity contribution in [3.63, 3.8) is 0 Å². The van der Waals surface area contributed by atoms with E-state index in [1.807, 2.05) is 30.3 Å². The Hall–Kier alpha value is -2.98. The lowest BCUT2D eigenvalue weighted by molar-refractivity contribution is -0.152. The van der Waals surface area contributed by atoms with Crippen LogP contribution in [0.4, 0.5) is 0 Å². The first-order valence-corrected chi connectivity index (χ1v) is 12.3. The van der Waals surface area contributed by atoms with Gasteiger partial charge in [-0.05, 0) is 50.5 Å². The van der Waals surface area contributed by atoms with Crippen LogP contribution in [0.2, 0.25) is 0 Å². The quantitative estimate of drug-likeness (QED) is 0.336. The second-order valence-electron chi connectivity index (χ2n) is 9.51. The molecule has 0 radical (unpaired) electrons. The van der Waals surface area contributed by atoms with E-state index in [-0.39, 0.29) is 18.9 Å². The molecule has 1 unspecified atom stereocenters. The number of carboxylic acid groups (broad SMARTS) is 1. The Balaban J connectivity index is 1.47. The van der Waals surface area contributed by atoms with Crippen molar-refractivity contribution in [1.82, 2.24) is 10.2 Å². The molecule has 1 aromatic carbocycles. The van der Waals surface area contributed by atoms with E-state index >= 15 is 0 Å². The molecule has 2 fully saturated rings. The molecule has 1 saturated heterocycles. The molecular weight excluding hydrogens is 452 g/mol. The molecule has 2 aliphatic rings. The molecule has 0 bridgehead atoms. The molecule has 192 valence electrons. The zero-order chi connectivity index (χ0) is 25.4. The lowest BCUT2D eigenvalue weighted by Gasteiger charge is -2.35. The first kappa shape index (κ1) is 26.6. The Morgan fingerprint density at radius 1 is 1.06 bits per heavy atom. The third-order valence-corrected chi connectivity index (χ3v) is 6.92. The number of carbonyl (C=O) groups is 4. The maximum atomic E-state index is 13.3. The molecule has 0 aromatic heterocycles. The number of hydrogen-bond acceptors (Lipinski definition) is 7. The molecular formula is C25H36N4O6. The number of rotatable bonds is 11. The molecule has 1 heterocycles. The number of nitrogens with one attached hydrogen (secondary N) is 1. The van der Waals surface area contributed by atoms with Gasteiger partial charge in [0.05, 0.1) is 6.04 Å². The summed E-state index contributed by atoms with van der Waals surface area (Å²) in [5.74, 6) is -2.32. The van der Waals surface area contributed by atoms with Gasteiger partial charge in [-0.25, -0.2) is 4.79 Å². The van der Waals surface area contributed by atoms with Gasteiger partial charge in [-0.1, -0.05) is 43.2 Å². The van der Waals surface area contributed by atoms with Crippen molar-refractivity contribution in [2.24, 2.45) is 11.5 Å². The second kappa shape index (κ2) is 12.1. The highest BCUT2D eigenvalue weighted by Gasteiger charge is 2.48. The van der Waals surface area contributed by atoms with Crippen LogP contribution in [0.25, 0.3) is 0 Å². The van der Waals surface area contributed by atoms with Crippen molar-refractivity contribution in [1.29, 1.82) is 0 Å². The monoisotopic (exact) mass is 488 g/mol. The zero-order valence-corrected chi connectivity index (χ0v) is 20.0. The van der Waals surface area contributed by atoms with Crippen LogP contribution in [0.3, 0.4) is 0 Å². The summed E-state index contributed by atoms with van der Waals surface area (Å²) < 4.78 is 5.24. The molecule has 3 atom stereocenters. The number of aliphatic carboxylic acids is 1. The van der Waals surface area contributed by atoms with Gasteiger partial charge in [0.1, 0.15) is 24.2 Å². The second-order valence-corrected chi connectivity index (χ2v) is 9.51. The number of likely N-dealkylation sites (tertiary alicyclic amines) is 1. The van der Waals surface area contributed by atoms with Crippen molar-refractivity contribution in [2.75, 3.05) is 6.54 Å². The first-order chi connectivity index (χ1) is 16.7. The van der Waals surface area contributed by atoms with Crippen molar-refractivity contribution in [3.05, 3.63) is 35.9 Å². The summed E-state index contributed by atoms with van der Waals surface area (Å²) in [7, 11) is 0. The molecule has 2 amide bonds. The van der Waals surface area contributed by atoms with E-state index in [9.17, 15) is 24.3 Å². The fourth-order valence-electron chi connectivity index (χ4n) is 4.88. The number of hydrogen-bond donors (Lipinski definition) is 4. The Morgan fingerprint density at radius 3 is 2.37 bits per heavy atom. The average Bonchev–Trinajstić information content (AvgIpc) is 3.53. The van der Waals surface area contributed by atoms with E-state index in [4.69, 9.17) is 16.2 Å². The lowest BCUT2D eigenvalue weighted by Crippen LogP contribution is -2.62. The molecule has 10 nitrogen and oxygen atoms in total. The van der Waals surface area contributed by atoms with Crippen LogP contribution in [0.1, 0.15) is 63.4 Å². The normalized spacial score (nSPS) is 20.7. The predicted molar refractivity (Wildman–Crippen MR) is 128 cm³/mol. The zero-order valence-electron chi connectivity index (χ0n) is 20.0. The average molecular weight is 489 g/mol. The van der Waals surface area contributed by atoms with Gasteiger partial charge in [-0.15, -0.1) is 0 Å². The van der Waals surface area contributed by atoms with Gasteiger partial charge in [0, 0.05) is 6.54 Å². The molecule has 1 aliphatic heterocycles. The van der Waals surface area contributed by atoms with Gasteiger partial charge >= 0.3 is 11.9 Å². The summed E-state index contributed by atoms with van der Waals surface area (Å²) in [6.45, 7) is 0.517. The third kappa shape index (κ3) is 6.79. The topological polar surface area (TPSA) is 165 Å². The molecule has 1 saturated carbocycles. The SMILES string of the molecule is NC(CCC[C@H](N)C(=O)NC1(C(=O)N2CCC[C@H]2C(=O)O)CCCC1)C(=O)OCc1ccccc1. The number of nitrogens with two attached hydrogens (primary N) is 2. The fraction of sp³-hybridized carbons (Fsp3) is 0.600. The summed E-state index contributed by atoms with van der Waals surface area (Å²) in [5, 5.41) is 12.3. The Labute approximate surface area is 205 Å². The van der Waals surface area contributed by atoms with E-state index < -0.39 is 41.5 Å². The van der Waals surface area contributed by atoms with Gasteiger partial charge in [-0.2, -0.15) is 0 Å². The van der Waals surface area contributed by atoms with Gasteiger partial charge in [0.15, 0.2) is 0 Å². The Bertz CT molecular complexity index is 902. The van der Waals surface area contributed by atoms with Crippen molar-refractivity contribution in [2.45, 2.75) is 88.1 Å². The standard InChI is InChI=1S/C25H36N4O6/c26-18(10-6-11-19(27)23(33)35-16-17-8-2-1-3-9-17)21(30)28-25(13-4-5-14-25)24(34)29-15-7-12-20(29)22(31)32/h1-3,8-9,18-20H,4-7,10-16,26-27H2,(H,28,30)(H,31,32)/t18-,19?,20-/m0/s1. The van der Waals surface area contributed by atoms with E-state index in [2.05, 4.69) is 5.32 Å². The highest BCUT2D eigenvalue weighted by molar-refractivity contribution is 5.95. The minimum absolute atomic E-state index is 0.144. The molecule has 35 heavy (non-hydrogen) atoms. The maximum Gasteiger partial charge on any atom is 0.326 e. The molecule has 3 rings (SSSR count). The minimum Gasteiger partial charge on any atom is -0.480 e. The summed E-state index contributed by atoms with van der Waals surface area (Å²) in [6, 6.07) is 6.74. The highest BCUT2D eigenvalue weighted by atomic mass is 16.5. The van der Waals surface area contributed by atoms with Crippen LogP contribution < -0.4 is 16.8 Å². The summed E-state index contributed by atoms with van der Waals surface area (Å²) in [4.78, 5) is 51.3. The summed E-state index contributed by atoms with van der Waals surface area (Å²) >= 11 is 0. The van der Waals surface area contributed by atoms with Crippen LogP contribution in [0.15, 0.2) is 30.3 Å². The van der Waals surface area contributed by atoms with E-state index in [1.54, 1.807) is 0 Å². The Morgan fingerprint density at radius 2 is 1.71 bits per heavy atom. The number of carbonyl (C=O) groups excluding carboxylic acids is 3. The molecule has 0 spiro atoms. The summed E-state index contributed by atoms with van der Waals surface area (Å²) in [6.07, 6.45) is 4.54. The first-order valence-electron chi connectivity index (χ1n) is 12.3. The molecule has 1 aromatic rings. The van der Waals surface area contributed by atoms with E-state index in [1.165, 1.54) is 4.90 Å². The lowest BCUT2D eigenvalue weighted by atomic mass is 9.93. The smallest absolute Gasteiger partial charge is 0.326 e. The van der Waals surface area contributed by atoms with Crippen molar-refractivity contribution >= 4 is 23.8 Å². The molecule has 6 N–H and O–H groups in total. The molecule has 10 heteroatoms. The van der Waals surface area contributed by atoms with Crippen molar-refractivity contribution < 1.29 is 29.0 Å². The van der Waals surface area contributed by atoms with Gasteiger partial charge in [0.25, 0.3) is 0 Å². The third-order valence-electron chi connectivity index (χ3n) is 6.92. The fourth-order valence-corrected chi connectivity index (χ4v) is 4.88. The van der Waals surface area contributed by atoms with Crippen molar-refractivity contribution in [3.8, 4) is 0 Å².